The Labute approximate surface area is 92.1 Å². The SMILES string of the molecule is CC#CCCC1CCCCCC1C(=O)O. The third-order valence-electron chi connectivity index (χ3n) is 3.29. The molecule has 1 N–H and O–H groups in total. The number of hydrogen-bond acceptors (Lipinski definition) is 1. The maximum atomic E-state index is 11.1. The molecular formula is C13H20O2. The van der Waals surface area contributed by atoms with Gasteiger partial charge in [0.05, 0.1) is 5.92 Å². The first kappa shape index (κ1) is 12.1. The molecule has 0 amide bonds. The van der Waals surface area contributed by atoms with Gasteiger partial charge in [0, 0.05) is 6.42 Å². The van der Waals surface area contributed by atoms with E-state index in [-0.39, 0.29) is 5.92 Å². The minimum atomic E-state index is -0.605. The standard InChI is InChI=1S/C13H20O2/c1-2-3-5-8-11-9-6-4-7-10-12(11)13(14)15/h11-12H,4-10H2,1H3,(H,14,15). The normalized spacial score (nSPS) is 26.2. The van der Waals surface area contributed by atoms with Crippen molar-refractivity contribution in [2.75, 3.05) is 0 Å². The van der Waals surface area contributed by atoms with Crippen LogP contribution in [0.3, 0.4) is 0 Å². The van der Waals surface area contributed by atoms with Gasteiger partial charge in [0.1, 0.15) is 0 Å². The molecule has 0 heterocycles. The summed E-state index contributed by atoms with van der Waals surface area (Å²) in [7, 11) is 0. The zero-order valence-corrected chi connectivity index (χ0v) is 9.46. The predicted molar refractivity (Wildman–Crippen MR) is 60.4 cm³/mol. The van der Waals surface area contributed by atoms with Gasteiger partial charge < -0.3 is 5.11 Å². The average molecular weight is 208 g/mol. The molecule has 0 saturated heterocycles. The number of carbonyl (C=O) groups is 1. The number of aliphatic carboxylic acids is 1. The van der Waals surface area contributed by atoms with Gasteiger partial charge in [0.2, 0.25) is 0 Å². The van der Waals surface area contributed by atoms with Crippen molar-refractivity contribution in [3.63, 3.8) is 0 Å². The second-order valence-corrected chi connectivity index (χ2v) is 4.31. The summed E-state index contributed by atoms with van der Waals surface area (Å²) >= 11 is 0. The van der Waals surface area contributed by atoms with Gasteiger partial charge in [-0.3, -0.25) is 4.79 Å². The Bertz CT molecular complexity index is 259. The Morgan fingerprint density at radius 2 is 2.07 bits per heavy atom. The van der Waals surface area contributed by atoms with Gasteiger partial charge in [0.25, 0.3) is 0 Å². The van der Waals surface area contributed by atoms with Crippen LogP contribution in [0.4, 0.5) is 0 Å². The average Bonchev–Trinajstić information content (AvgIpc) is 2.43. The largest absolute Gasteiger partial charge is 0.481 e. The Hall–Kier alpha value is -0.970. The van der Waals surface area contributed by atoms with E-state index in [4.69, 9.17) is 5.11 Å². The predicted octanol–water partition coefficient (Wildman–Crippen LogP) is 3.07. The van der Waals surface area contributed by atoms with E-state index in [9.17, 15) is 4.79 Å². The third-order valence-corrected chi connectivity index (χ3v) is 3.29. The molecule has 1 fully saturated rings. The fraction of sp³-hybridized carbons (Fsp3) is 0.769. The molecule has 0 aromatic carbocycles. The number of rotatable bonds is 3. The summed E-state index contributed by atoms with van der Waals surface area (Å²) in [5.74, 6) is 5.53. The molecule has 15 heavy (non-hydrogen) atoms. The molecule has 0 bridgehead atoms. The van der Waals surface area contributed by atoms with Crippen molar-refractivity contribution in [1.29, 1.82) is 0 Å². The molecule has 84 valence electrons. The summed E-state index contributed by atoms with van der Waals surface area (Å²) in [6, 6.07) is 0. The minimum absolute atomic E-state index is 0.119. The molecule has 0 spiro atoms. The Balaban J connectivity index is 2.52. The zero-order valence-electron chi connectivity index (χ0n) is 9.46. The zero-order chi connectivity index (χ0) is 11.1. The summed E-state index contributed by atoms with van der Waals surface area (Å²) in [4.78, 5) is 11.1. The van der Waals surface area contributed by atoms with E-state index in [2.05, 4.69) is 11.8 Å². The molecule has 2 nitrogen and oxygen atoms in total. The lowest BCUT2D eigenvalue weighted by Crippen LogP contribution is -2.22. The van der Waals surface area contributed by atoms with Crippen LogP contribution in [0.1, 0.15) is 51.9 Å². The third kappa shape index (κ3) is 3.95. The van der Waals surface area contributed by atoms with E-state index in [0.29, 0.717) is 5.92 Å². The number of carboxylic acids is 1. The van der Waals surface area contributed by atoms with Gasteiger partial charge in [-0.15, -0.1) is 11.8 Å². The Morgan fingerprint density at radius 1 is 1.33 bits per heavy atom. The van der Waals surface area contributed by atoms with E-state index in [1.165, 1.54) is 12.8 Å². The second-order valence-electron chi connectivity index (χ2n) is 4.31. The van der Waals surface area contributed by atoms with Crippen LogP contribution in [0.25, 0.3) is 0 Å². The van der Waals surface area contributed by atoms with E-state index in [1.54, 1.807) is 0 Å². The molecule has 2 heteroatoms. The highest BCUT2D eigenvalue weighted by molar-refractivity contribution is 5.70. The molecule has 2 unspecified atom stereocenters. The molecule has 0 aromatic heterocycles. The molecule has 1 rings (SSSR count). The summed E-state index contributed by atoms with van der Waals surface area (Å²) in [6.07, 6.45) is 7.20. The lowest BCUT2D eigenvalue weighted by Gasteiger charge is -2.20. The van der Waals surface area contributed by atoms with E-state index < -0.39 is 5.97 Å². The summed E-state index contributed by atoms with van der Waals surface area (Å²) in [6.45, 7) is 1.84. The topological polar surface area (TPSA) is 37.3 Å². The molecule has 1 saturated carbocycles. The van der Waals surface area contributed by atoms with Gasteiger partial charge in [-0.25, -0.2) is 0 Å². The maximum Gasteiger partial charge on any atom is 0.306 e. The van der Waals surface area contributed by atoms with Crippen LogP contribution >= 0.6 is 0 Å². The van der Waals surface area contributed by atoms with E-state index in [0.717, 1.165) is 32.1 Å². The minimum Gasteiger partial charge on any atom is -0.481 e. The monoisotopic (exact) mass is 208 g/mol. The van der Waals surface area contributed by atoms with Crippen LogP contribution in [0.15, 0.2) is 0 Å². The van der Waals surface area contributed by atoms with Crippen LogP contribution < -0.4 is 0 Å². The van der Waals surface area contributed by atoms with Crippen molar-refractivity contribution in [3.05, 3.63) is 0 Å². The molecule has 0 radical (unpaired) electrons. The smallest absolute Gasteiger partial charge is 0.306 e. The van der Waals surface area contributed by atoms with Crippen LogP contribution in [-0.2, 0) is 4.79 Å². The van der Waals surface area contributed by atoms with Gasteiger partial charge >= 0.3 is 5.97 Å². The van der Waals surface area contributed by atoms with Gasteiger partial charge in [-0.1, -0.05) is 19.3 Å². The number of carboxylic acid groups (broad SMARTS) is 1. The van der Waals surface area contributed by atoms with Crippen molar-refractivity contribution in [2.24, 2.45) is 11.8 Å². The van der Waals surface area contributed by atoms with Crippen molar-refractivity contribution >= 4 is 5.97 Å². The molecular weight excluding hydrogens is 188 g/mol. The maximum absolute atomic E-state index is 11.1. The Morgan fingerprint density at radius 3 is 2.73 bits per heavy atom. The van der Waals surface area contributed by atoms with Crippen molar-refractivity contribution in [2.45, 2.75) is 51.9 Å². The van der Waals surface area contributed by atoms with Gasteiger partial charge in [0.15, 0.2) is 0 Å². The van der Waals surface area contributed by atoms with Gasteiger partial charge in [-0.05, 0) is 32.1 Å². The van der Waals surface area contributed by atoms with Crippen LogP contribution in [0, 0.1) is 23.7 Å². The van der Waals surface area contributed by atoms with Crippen molar-refractivity contribution in [1.82, 2.24) is 0 Å². The highest BCUT2D eigenvalue weighted by atomic mass is 16.4. The van der Waals surface area contributed by atoms with E-state index in [1.807, 2.05) is 6.92 Å². The first-order valence-electron chi connectivity index (χ1n) is 5.88. The first-order valence-corrected chi connectivity index (χ1v) is 5.88. The summed E-state index contributed by atoms with van der Waals surface area (Å²) < 4.78 is 0. The summed E-state index contributed by atoms with van der Waals surface area (Å²) in [5.41, 5.74) is 0. The summed E-state index contributed by atoms with van der Waals surface area (Å²) in [5, 5.41) is 9.15. The highest BCUT2D eigenvalue weighted by Crippen LogP contribution is 2.32. The highest BCUT2D eigenvalue weighted by Gasteiger charge is 2.28. The van der Waals surface area contributed by atoms with Gasteiger partial charge in [-0.2, -0.15) is 0 Å². The molecule has 1 aliphatic carbocycles. The van der Waals surface area contributed by atoms with E-state index >= 15 is 0 Å². The lowest BCUT2D eigenvalue weighted by molar-refractivity contribution is -0.144. The molecule has 1 aliphatic rings. The molecule has 0 aliphatic heterocycles. The quantitative estimate of drug-likeness (QED) is 0.571. The Kier molecular flexibility index (Phi) is 5.25. The number of hydrogen-bond donors (Lipinski definition) is 1. The fourth-order valence-electron chi connectivity index (χ4n) is 2.44. The lowest BCUT2D eigenvalue weighted by atomic mass is 9.84. The fourth-order valence-corrected chi connectivity index (χ4v) is 2.44. The molecule has 2 atom stereocenters. The van der Waals surface area contributed by atoms with Crippen LogP contribution in [0.5, 0.6) is 0 Å². The van der Waals surface area contributed by atoms with Crippen molar-refractivity contribution in [3.8, 4) is 11.8 Å². The van der Waals surface area contributed by atoms with Crippen LogP contribution in [0.2, 0.25) is 0 Å². The van der Waals surface area contributed by atoms with Crippen LogP contribution in [-0.4, -0.2) is 11.1 Å². The molecule has 0 aromatic rings. The second kappa shape index (κ2) is 6.50. The first-order chi connectivity index (χ1) is 7.25. The van der Waals surface area contributed by atoms with Crippen molar-refractivity contribution < 1.29 is 9.90 Å².